The minimum Gasteiger partial charge on any atom is -0.392 e. The zero-order valence-electron chi connectivity index (χ0n) is 10.4. The fraction of sp³-hybridized carbons (Fsp3) is 0.571. The Balaban J connectivity index is 2.34. The molecule has 0 saturated heterocycles. The van der Waals surface area contributed by atoms with Gasteiger partial charge in [-0.05, 0) is 31.4 Å². The van der Waals surface area contributed by atoms with Crippen molar-refractivity contribution in [3.05, 3.63) is 29.8 Å². The van der Waals surface area contributed by atoms with Gasteiger partial charge in [-0.25, -0.2) is 0 Å². The highest BCUT2D eigenvalue weighted by Gasteiger charge is 2.09. The van der Waals surface area contributed by atoms with Crippen molar-refractivity contribution in [3.63, 3.8) is 0 Å². The molecule has 0 radical (unpaired) electrons. The SMILES string of the molecule is CCC(C)CC(O)CSc1cccc(C)c1. The van der Waals surface area contributed by atoms with Gasteiger partial charge in [-0.3, -0.25) is 0 Å². The zero-order valence-corrected chi connectivity index (χ0v) is 11.3. The lowest BCUT2D eigenvalue weighted by molar-refractivity contribution is 0.167. The van der Waals surface area contributed by atoms with E-state index in [-0.39, 0.29) is 6.10 Å². The van der Waals surface area contributed by atoms with Gasteiger partial charge in [0.2, 0.25) is 0 Å². The molecule has 0 spiro atoms. The van der Waals surface area contributed by atoms with E-state index < -0.39 is 0 Å². The summed E-state index contributed by atoms with van der Waals surface area (Å²) in [6, 6.07) is 8.44. The Hall–Kier alpha value is -0.470. The number of aryl methyl sites for hydroxylation is 1. The summed E-state index contributed by atoms with van der Waals surface area (Å²) in [4.78, 5) is 1.25. The van der Waals surface area contributed by atoms with Crippen LogP contribution in [0.15, 0.2) is 29.2 Å². The maximum Gasteiger partial charge on any atom is 0.0636 e. The van der Waals surface area contributed by atoms with Gasteiger partial charge in [0.1, 0.15) is 0 Å². The fourth-order valence-electron chi connectivity index (χ4n) is 1.60. The van der Waals surface area contributed by atoms with E-state index in [4.69, 9.17) is 0 Å². The third-order valence-electron chi connectivity index (χ3n) is 2.80. The van der Waals surface area contributed by atoms with Gasteiger partial charge in [-0.1, -0.05) is 38.0 Å². The third-order valence-corrected chi connectivity index (χ3v) is 3.94. The molecule has 1 aromatic carbocycles. The molecule has 90 valence electrons. The van der Waals surface area contributed by atoms with E-state index in [0.29, 0.717) is 5.92 Å². The molecule has 0 bridgehead atoms. The predicted octanol–water partition coefficient (Wildman–Crippen LogP) is 3.88. The summed E-state index contributed by atoms with van der Waals surface area (Å²) >= 11 is 1.75. The molecule has 0 aromatic heterocycles. The quantitative estimate of drug-likeness (QED) is 0.759. The molecule has 1 aromatic rings. The Bertz CT molecular complexity index is 311. The van der Waals surface area contributed by atoms with Crippen molar-refractivity contribution in [2.24, 2.45) is 5.92 Å². The van der Waals surface area contributed by atoms with E-state index in [0.717, 1.165) is 18.6 Å². The Labute approximate surface area is 103 Å². The second kappa shape index (κ2) is 6.97. The molecule has 0 amide bonds. The molecule has 0 aliphatic carbocycles. The first-order valence-corrected chi connectivity index (χ1v) is 6.98. The second-order valence-electron chi connectivity index (χ2n) is 4.53. The van der Waals surface area contributed by atoms with Crippen LogP contribution in [0.4, 0.5) is 0 Å². The first kappa shape index (κ1) is 13.6. The molecule has 1 rings (SSSR count). The fourth-order valence-corrected chi connectivity index (χ4v) is 2.56. The molecule has 2 atom stereocenters. The maximum absolute atomic E-state index is 9.86. The molecule has 1 N–H and O–H groups in total. The van der Waals surface area contributed by atoms with E-state index in [1.165, 1.54) is 10.5 Å². The average Bonchev–Trinajstić information content (AvgIpc) is 2.26. The van der Waals surface area contributed by atoms with Crippen molar-refractivity contribution in [3.8, 4) is 0 Å². The van der Waals surface area contributed by atoms with Gasteiger partial charge in [-0.15, -0.1) is 11.8 Å². The molecule has 0 fully saturated rings. The Morgan fingerprint density at radius 3 is 2.75 bits per heavy atom. The van der Waals surface area contributed by atoms with E-state index >= 15 is 0 Å². The molecule has 0 heterocycles. The van der Waals surface area contributed by atoms with Gasteiger partial charge in [0, 0.05) is 10.6 Å². The number of aliphatic hydroxyl groups excluding tert-OH is 1. The van der Waals surface area contributed by atoms with Crippen LogP contribution < -0.4 is 0 Å². The lowest BCUT2D eigenvalue weighted by atomic mass is 10.0. The van der Waals surface area contributed by atoms with Crippen LogP contribution in [-0.2, 0) is 0 Å². The number of thioether (sulfide) groups is 1. The van der Waals surface area contributed by atoms with E-state index in [9.17, 15) is 5.11 Å². The van der Waals surface area contributed by atoms with Crippen molar-refractivity contribution < 1.29 is 5.11 Å². The normalized spacial score (nSPS) is 14.8. The molecule has 1 nitrogen and oxygen atoms in total. The van der Waals surface area contributed by atoms with Crippen LogP contribution >= 0.6 is 11.8 Å². The monoisotopic (exact) mass is 238 g/mol. The number of benzene rings is 1. The van der Waals surface area contributed by atoms with E-state index in [1.54, 1.807) is 11.8 Å². The van der Waals surface area contributed by atoms with Crippen LogP contribution in [0.25, 0.3) is 0 Å². The van der Waals surface area contributed by atoms with Crippen molar-refractivity contribution >= 4 is 11.8 Å². The Morgan fingerprint density at radius 2 is 2.12 bits per heavy atom. The minimum absolute atomic E-state index is 0.180. The maximum atomic E-state index is 9.86. The summed E-state index contributed by atoms with van der Waals surface area (Å²) in [5.74, 6) is 1.42. The van der Waals surface area contributed by atoms with Crippen molar-refractivity contribution in [2.45, 2.75) is 44.6 Å². The topological polar surface area (TPSA) is 20.2 Å². The zero-order chi connectivity index (χ0) is 12.0. The summed E-state index contributed by atoms with van der Waals surface area (Å²) < 4.78 is 0. The molecule has 0 aliphatic heterocycles. The third kappa shape index (κ3) is 5.04. The van der Waals surface area contributed by atoms with Crippen molar-refractivity contribution in [2.75, 3.05) is 5.75 Å². The van der Waals surface area contributed by atoms with Crippen molar-refractivity contribution in [1.82, 2.24) is 0 Å². The molecular formula is C14H22OS. The lowest BCUT2D eigenvalue weighted by Gasteiger charge is -2.14. The van der Waals surface area contributed by atoms with Crippen LogP contribution in [0.2, 0.25) is 0 Å². The number of hydrogen-bond donors (Lipinski definition) is 1. The second-order valence-corrected chi connectivity index (χ2v) is 5.62. The van der Waals surface area contributed by atoms with E-state index in [1.807, 2.05) is 0 Å². The standard InChI is InChI=1S/C14H22OS/c1-4-11(2)8-13(15)10-16-14-7-5-6-12(3)9-14/h5-7,9,11,13,15H,4,8,10H2,1-3H3. The molecule has 0 aliphatic rings. The number of hydrogen-bond acceptors (Lipinski definition) is 2. The molecule has 16 heavy (non-hydrogen) atoms. The van der Waals surface area contributed by atoms with Crippen LogP contribution in [0.5, 0.6) is 0 Å². The highest BCUT2D eigenvalue weighted by Crippen LogP contribution is 2.22. The lowest BCUT2D eigenvalue weighted by Crippen LogP contribution is -2.13. The van der Waals surface area contributed by atoms with Gasteiger partial charge in [0.25, 0.3) is 0 Å². The summed E-state index contributed by atoms with van der Waals surface area (Å²) in [7, 11) is 0. The smallest absolute Gasteiger partial charge is 0.0636 e. The summed E-state index contributed by atoms with van der Waals surface area (Å²) in [5, 5.41) is 9.86. The molecule has 0 saturated carbocycles. The van der Waals surface area contributed by atoms with Gasteiger partial charge in [0.05, 0.1) is 6.10 Å². The Morgan fingerprint density at radius 1 is 1.38 bits per heavy atom. The van der Waals surface area contributed by atoms with Crippen LogP contribution in [0.3, 0.4) is 0 Å². The highest BCUT2D eigenvalue weighted by molar-refractivity contribution is 7.99. The number of rotatable bonds is 6. The van der Waals surface area contributed by atoms with Gasteiger partial charge < -0.3 is 5.11 Å². The number of aliphatic hydroxyl groups is 1. The van der Waals surface area contributed by atoms with Crippen LogP contribution in [-0.4, -0.2) is 17.0 Å². The Kier molecular flexibility index (Phi) is 5.93. The average molecular weight is 238 g/mol. The van der Waals surface area contributed by atoms with Gasteiger partial charge >= 0.3 is 0 Å². The summed E-state index contributed by atoms with van der Waals surface area (Å²) in [6.45, 7) is 6.46. The first-order chi connectivity index (χ1) is 7.61. The molecule has 2 heteroatoms. The van der Waals surface area contributed by atoms with Crippen LogP contribution in [0.1, 0.15) is 32.3 Å². The minimum atomic E-state index is -0.180. The molecular weight excluding hydrogens is 216 g/mol. The van der Waals surface area contributed by atoms with Crippen LogP contribution in [0, 0.1) is 12.8 Å². The highest BCUT2D eigenvalue weighted by atomic mass is 32.2. The first-order valence-electron chi connectivity index (χ1n) is 5.99. The van der Waals surface area contributed by atoms with E-state index in [2.05, 4.69) is 45.0 Å². The van der Waals surface area contributed by atoms with Gasteiger partial charge in [0.15, 0.2) is 0 Å². The predicted molar refractivity (Wildman–Crippen MR) is 72.0 cm³/mol. The largest absolute Gasteiger partial charge is 0.392 e. The van der Waals surface area contributed by atoms with Crippen molar-refractivity contribution in [1.29, 1.82) is 0 Å². The molecule has 2 unspecified atom stereocenters. The van der Waals surface area contributed by atoms with Gasteiger partial charge in [-0.2, -0.15) is 0 Å². The summed E-state index contributed by atoms with van der Waals surface area (Å²) in [5.41, 5.74) is 1.28. The summed E-state index contributed by atoms with van der Waals surface area (Å²) in [6.07, 6.45) is 1.88.